The zero-order valence-corrected chi connectivity index (χ0v) is 21.5. The zero-order chi connectivity index (χ0) is 24.6. The van der Waals surface area contributed by atoms with Gasteiger partial charge >= 0.3 is 0 Å². The van der Waals surface area contributed by atoms with Crippen LogP contribution in [0.2, 0.25) is 0 Å². The summed E-state index contributed by atoms with van der Waals surface area (Å²) in [5.74, 6) is 1.99. The Kier molecular flexibility index (Phi) is 9.75. The maximum atomic E-state index is 15.0. The van der Waals surface area contributed by atoms with Gasteiger partial charge in [0.15, 0.2) is 0 Å². The second-order valence-corrected chi connectivity index (χ2v) is 11.3. The van der Waals surface area contributed by atoms with E-state index in [9.17, 15) is 13.2 Å². The first-order chi connectivity index (χ1) is 17.1. The Balaban J connectivity index is 1.29. The first-order valence-electron chi connectivity index (χ1n) is 14.2. The lowest BCUT2D eigenvalue weighted by Crippen LogP contribution is -2.14. The highest BCUT2D eigenvalue weighted by molar-refractivity contribution is 5.31. The number of aryl methyl sites for hydroxylation is 2. The number of hydrogen-bond donors (Lipinski definition) is 0. The van der Waals surface area contributed by atoms with Crippen LogP contribution in [0.5, 0.6) is 0 Å². The van der Waals surface area contributed by atoms with Crippen LogP contribution in [0.25, 0.3) is 0 Å². The Labute approximate surface area is 210 Å². The van der Waals surface area contributed by atoms with Gasteiger partial charge in [-0.25, -0.2) is 8.78 Å². The first-order valence-corrected chi connectivity index (χ1v) is 14.2. The van der Waals surface area contributed by atoms with E-state index < -0.39 is 0 Å². The van der Waals surface area contributed by atoms with E-state index >= 15 is 0 Å². The van der Waals surface area contributed by atoms with Crippen LogP contribution < -0.4 is 0 Å². The summed E-state index contributed by atoms with van der Waals surface area (Å²) in [5, 5.41) is 0. The third kappa shape index (κ3) is 7.14. The highest BCUT2D eigenvalue weighted by atomic mass is 19.1. The molecule has 0 aromatic heterocycles. The molecule has 0 radical (unpaired) electrons. The molecule has 2 aromatic rings. The van der Waals surface area contributed by atoms with Gasteiger partial charge in [0.25, 0.3) is 0 Å². The first kappa shape index (κ1) is 26.3. The Hall–Kier alpha value is -1.77. The van der Waals surface area contributed by atoms with Crippen molar-refractivity contribution in [1.29, 1.82) is 0 Å². The summed E-state index contributed by atoms with van der Waals surface area (Å²) in [4.78, 5) is 0. The van der Waals surface area contributed by atoms with Gasteiger partial charge in [-0.15, -0.1) is 0 Å². The fraction of sp³-hybridized carbons (Fsp3) is 0.625. The van der Waals surface area contributed by atoms with Crippen LogP contribution >= 0.6 is 0 Å². The van der Waals surface area contributed by atoms with E-state index in [1.165, 1.54) is 38.5 Å². The average molecular weight is 485 g/mol. The van der Waals surface area contributed by atoms with E-state index in [1.54, 1.807) is 12.1 Å². The SMILES string of the molecule is CCC[C@H]1CC[C@H](c2ccc(CCc3ccc([C@H]4CC[C@H](CCCF)CC4)c(F)c3)c(F)c2)CC1. The Morgan fingerprint density at radius 1 is 0.714 bits per heavy atom. The molecule has 2 aliphatic carbocycles. The molecule has 0 nitrogen and oxygen atoms in total. The normalized spacial score (nSPS) is 25.0. The molecule has 0 N–H and O–H groups in total. The second-order valence-electron chi connectivity index (χ2n) is 11.3. The van der Waals surface area contributed by atoms with E-state index in [2.05, 4.69) is 13.0 Å². The molecule has 2 aromatic carbocycles. The van der Waals surface area contributed by atoms with E-state index in [4.69, 9.17) is 0 Å². The standard InChI is InChI=1S/C32H43F3/c1-2-4-23-6-12-26(13-7-23)29-18-17-28(31(34)22-29)16-10-25-11-19-30(32(35)21-25)27-14-8-24(9-15-27)5-3-20-33/h11,17-19,21-24,26-27H,2-10,12-16,20H2,1H3/t23-,24-,26-,27-. The number of hydrogen-bond acceptors (Lipinski definition) is 0. The molecule has 0 saturated heterocycles. The highest BCUT2D eigenvalue weighted by Crippen LogP contribution is 2.39. The molecular formula is C32H43F3. The molecular weight excluding hydrogens is 441 g/mol. The van der Waals surface area contributed by atoms with Gasteiger partial charge in [-0.3, -0.25) is 4.39 Å². The van der Waals surface area contributed by atoms with Gasteiger partial charge in [-0.1, -0.05) is 44.0 Å². The minimum Gasteiger partial charge on any atom is -0.251 e. The minimum atomic E-state index is -0.232. The van der Waals surface area contributed by atoms with E-state index in [-0.39, 0.29) is 24.2 Å². The minimum absolute atomic E-state index is 0.111. The van der Waals surface area contributed by atoms with Crippen LogP contribution in [0.4, 0.5) is 13.2 Å². The van der Waals surface area contributed by atoms with Crippen LogP contribution in [-0.2, 0) is 12.8 Å². The fourth-order valence-corrected chi connectivity index (χ4v) is 6.68. The van der Waals surface area contributed by atoms with Crippen LogP contribution in [0.15, 0.2) is 36.4 Å². The predicted octanol–water partition coefficient (Wildman–Crippen LogP) is 9.85. The number of halogens is 3. The zero-order valence-electron chi connectivity index (χ0n) is 21.5. The third-order valence-corrected chi connectivity index (χ3v) is 8.87. The predicted molar refractivity (Wildman–Crippen MR) is 140 cm³/mol. The van der Waals surface area contributed by atoms with Gasteiger partial charge in [0.2, 0.25) is 0 Å². The molecule has 0 amide bonds. The molecule has 2 saturated carbocycles. The van der Waals surface area contributed by atoms with Crippen molar-refractivity contribution in [2.75, 3.05) is 6.67 Å². The van der Waals surface area contributed by atoms with Crippen LogP contribution in [0.1, 0.15) is 118 Å². The maximum absolute atomic E-state index is 15.0. The quantitative estimate of drug-likeness (QED) is 0.315. The fourth-order valence-electron chi connectivity index (χ4n) is 6.68. The molecule has 3 heteroatoms. The third-order valence-electron chi connectivity index (χ3n) is 8.87. The van der Waals surface area contributed by atoms with Gasteiger partial charge in [0.1, 0.15) is 11.6 Å². The molecule has 0 spiro atoms. The summed E-state index contributed by atoms with van der Waals surface area (Å²) < 4.78 is 42.3. The summed E-state index contributed by atoms with van der Waals surface area (Å²) in [6.07, 6.45) is 14.4. The molecule has 0 atom stereocenters. The van der Waals surface area contributed by atoms with Crippen molar-refractivity contribution in [3.63, 3.8) is 0 Å². The van der Waals surface area contributed by atoms with Gasteiger partial charge in [-0.2, -0.15) is 0 Å². The smallest absolute Gasteiger partial charge is 0.126 e. The van der Waals surface area contributed by atoms with Gasteiger partial charge in [0, 0.05) is 0 Å². The lowest BCUT2D eigenvalue weighted by atomic mass is 9.77. The Morgan fingerprint density at radius 2 is 1.40 bits per heavy atom. The van der Waals surface area contributed by atoms with Crippen LogP contribution in [0, 0.1) is 23.5 Å². The largest absolute Gasteiger partial charge is 0.251 e. The van der Waals surface area contributed by atoms with Crippen molar-refractivity contribution in [2.24, 2.45) is 11.8 Å². The number of alkyl halides is 1. The van der Waals surface area contributed by atoms with Crippen molar-refractivity contribution in [3.8, 4) is 0 Å². The van der Waals surface area contributed by atoms with Gasteiger partial charge in [-0.05, 0) is 135 Å². The summed E-state index contributed by atoms with van der Waals surface area (Å²) in [7, 11) is 0. The lowest BCUT2D eigenvalue weighted by molar-refractivity contribution is 0.290. The number of rotatable bonds is 10. The van der Waals surface area contributed by atoms with Gasteiger partial charge in [0.05, 0.1) is 6.67 Å². The van der Waals surface area contributed by atoms with Gasteiger partial charge < -0.3 is 0 Å². The van der Waals surface area contributed by atoms with E-state index in [0.29, 0.717) is 31.1 Å². The summed E-state index contributed by atoms with van der Waals surface area (Å²) in [6, 6.07) is 11.5. The second kappa shape index (κ2) is 13.0. The summed E-state index contributed by atoms with van der Waals surface area (Å²) >= 11 is 0. The Bertz CT molecular complexity index is 920. The van der Waals surface area contributed by atoms with E-state index in [1.807, 2.05) is 18.2 Å². The van der Waals surface area contributed by atoms with Crippen LogP contribution in [-0.4, -0.2) is 6.67 Å². The molecule has 35 heavy (non-hydrogen) atoms. The van der Waals surface area contributed by atoms with Crippen LogP contribution in [0.3, 0.4) is 0 Å². The molecule has 2 fully saturated rings. The number of benzene rings is 2. The highest BCUT2D eigenvalue weighted by Gasteiger charge is 2.25. The monoisotopic (exact) mass is 484 g/mol. The Morgan fingerprint density at radius 3 is 2.03 bits per heavy atom. The maximum Gasteiger partial charge on any atom is 0.126 e. The molecule has 0 bridgehead atoms. The average Bonchev–Trinajstić information content (AvgIpc) is 2.88. The molecule has 192 valence electrons. The molecule has 2 aliphatic rings. The summed E-state index contributed by atoms with van der Waals surface area (Å²) in [5.41, 5.74) is 3.63. The van der Waals surface area contributed by atoms with E-state index in [0.717, 1.165) is 60.3 Å². The summed E-state index contributed by atoms with van der Waals surface area (Å²) in [6.45, 7) is 2.03. The van der Waals surface area contributed by atoms with Crippen molar-refractivity contribution < 1.29 is 13.2 Å². The van der Waals surface area contributed by atoms with Crippen molar-refractivity contribution in [3.05, 3.63) is 70.3 Å². The topological polar surface area (TPSA) is 0 Å². The molecule has 4 rings (SSSR count). The van der Waals surface area contributed by atoms with Crippen molar-refractivity contribution in [1.82, 2.24) is 0 Å². The molecule has 0 heterocycles. The van der Waals surface area contributed by atoms with Crippen molar-refractivity contribution in [2.45, 2.75) is 109 Å². The van der Waals surface area contributed by atoms with Crippen molar-refractivity contribution >= 4 is 0 Å². The molecule has 0 aliphatic heterocycles. The molecule has 0 unspecified atom stereocenters. The lowest BCUT2D eigenvalue weighted by Gasteiger charge is -2.29.